The molecular weight excluding hydrogens is 188 g/mol. The summed E-state index contributed by atoms with van der Waals surface area (Å²) in [6, 6.07) is 1.65. The smallest absolute Gasteiger partial charge is 0.128 e. The third kappa shape index (κ3) is 1.42. The number of rotatable bonds is 2. The third-order valence-corrected chi connectivity index (χ3v) is 2.37. The maximum absolute atomic E-state index is 9.60. The van der Waals surface area contributed by atoms with E-state index in [9.17, 15) is 10.2 Å². The molecule has 1 aliphatic rings. The molecule has 0 aromatic carbocycles. The van der Waals surface area contributed by atoms with Gasteiger partial charge in [-0.05, 0) is 6.07 Å². The number of aromatic amines is 1. The number of H-pyrrole nitrogens is 1. The predicted molar refractivity (Wildman–Crippen MR) is 45.3 cm³/mol. The summed E-state index contributed by atoms with van der Waals surface area (Å²) >= 11 is 0. The number of hydrogen-bond acceptors (Lipinski definition) is 5. The van der Waals surface area contributed by atoms with Gasteiger partial charge in [0.25, 0.3) is 0 Å². The van der Waals surface area contributed by atoms with Gasteiger partial charge in [0.05, 0.1) is 12.3 Å². The predicted octanol–water partition coefficient (Wildman–Crippen LogP) is -1.44. The Hall–Kier alpha value is -0.950. The number of aliphatic hydroxyl groups is 3. The molecule has 0 unspecified atom stereocenters. The summed E-state index contributed by atoms with van der Waals surface area (Å²) < 4.78 is 5.26. The minimum Gasteiger partial charge on any atom is -0.394 e. The van der Waals surface area contributed by atoms with Crippen LogP contribution >= 0.6 is 0 Å². The van der Waals surface area contributed by atoms with Crippen molar-refractivity contribution in [1.82, 2.24) is 10.2 Å². The van der Waals surface area contributed by atoms with Crippen LogP contribution in [0.5, 0.6) is 0 Å². The molecule has 0 bridgehead atoms. The monoisotopic (exact) mass is 200 g/mol. The summed E-state index contributed by atoms with van der Waals surface area (Å²) in [6.45, 7) is -0.317. The molecule has 78 valence electrons. The summed E-state index contributed by atoms with van der Waals surface area (Å²) in [5.41, 5.74) is 0.590. The van der Waals surface area contributed by atoms with Crippen LogP contribution in [0.25, 0.3) is 0 Å². The molecule has 1 aromatic rings. The van der Waals surface area contributed by atoms with Crippen LogP contribution in [-0.2, 0) is 4.74 Å². The second kappa shape index (κ2) is 3.66. The molecule has 6 nitrogen and oxygen atoms in total. The lowest BCUT2D eigenvalue weighted by molar-refractivity contribution is -0.0239. The quantitative estimate of drug-likeness (QED) is 0.469. The highest BCUT2D eigenvalue weighted by Gasteiger charge is 2.43. The molecule has 6 heteroatoms. The Morgan fingerprint density at radius 2 is 2.21 bits per heavy atom. The van der Waals surface area contributed by atoms with Gasteiger partial charge in [0.2, 0.25) is 0 Å². The minimum atomic E-state index is -1.06. The molecule has 0 amide bonds. The molecule has 1 aliphatic heterocycles. The van der Waals surface area contributed by atoms with E-state index in [2.05, 4.69) is 10.2 Å². The Labute approximate surface area is 80.1 Å². The van der Waals surface area contributed by atoms with E-state index in [0.717, 1.165) is 0 Å². The first-order chi connectivity index (χ1) is 6.74. The van der Waals surface area contributed by atoms with Crippen LogP contribution in [0.1, 0.15) is 11.8 Å². The molecule has 0 spiro atoms. The van der Waals surface area contributed by atoms with Gasteiger partial charge < -0.3 is 20.1 Å². The van der Waals surface area contributed by atoms with E-state index in [1.54, 1.807) is 6.07 Å². The molecule has 2 rings (SSSR count). The van der Waals surface area contributed by atoms with E-state index in [4.69, 9.17) is 9.84 Å². The van der Waals surface area contributed by atoms with Crippen LogP contribution in [0.15, 0.2) is 12.3 Å². The number of ether oxygens (including phenoxy) is 1. The second-order valence-electron chi connectivity index (χ2n) is 3.27. The van der Waals surface area contributed by atoms with Crippen molar-refractivity contribution in [2.45, 2.75) is 24.4 Å². The van der Waals surface area contributed by atoms with E-state index >= 15 is 0 Å². The highest BCUT2D eigenvalue weighted by molar-refractivity contribution is 5.09. The molecule has 0 radical (unpaired) electrons. The van der Waals surface area contributed by atoms with Crippen LogP contribution < -0.4 is 0 Å². The Balaban J connectivity index is 2.16. The van der Waals surface area contributed by atoms with Crippen molar-refractivity contribution in [2.24, 2.45) is 0 Å². The van der Waals surface area contributed by atoms with Crippen molar-refractivity contribution in [2.75, 3.05) is 6.61 Å². The molecule has 14 heavy (non-hydrogen) atoms. The lowest BCUT2D eigenvalue weighted by Crippen LogP contribution is -2.32. The molecule has 0 aliphatic carbocycles. The Kier molecular flexibility index (Phi) is 2.51. The van der Waals surface area contributed by atoms with E-state index in [0.29, 0.717) is 5.69 Å². The van der Waals surface area contributed by atoms with Gasteiger partial charge in [0.15, 0.2) is 0 Å². The molecule has 1 aromatic heterocycles. The molecule has 4 N–H and O–H groups in total. The number of nitrogens with one attached hydrogen (secondary N) is 1. The number of aliphatic hydroxyl groups excluding tert-OH is 3. The molecule has 2 heterocycles. The van der Waals surface area contributed by atoms with Gasteiger partial charge in [0.1, 0.15) is 24.4 Å². The lowest BCUT2D eigenvalue weighted by atomic mass is 10.1. The van der Waals surface area contributed by atoms with Gasteiger partial charge in [-0.2, -0.15) is 5.10 Å². The summed E-state index contributed by atoms with van der Waals surface area (Å²) in [6.07, 6.45) is -1.95. The topological polar surface area (TPSA) is 98.6 Å². The fourth-order valence-electron chi connectivity index (χ4n) is 1.58. The van der Waals surface area contributed by atoms with Gasteiger partial charge in [-0.1, -0.05) is 0 Å². The lowest BCUT2D eigenvalue weighted by Gasteiger charge is -2.11. The fourth-order valence-corrected chi connectivity index (χ4v) is 1.58. The Bertz CT molecular complexity index is 290. The van der Waals surface area contributed by atoms with Crippen molar-refractivity contribution in [1.29, 1.82) is 0 Å². The maximum Gasteiger partial charge on any atom is 0.128 e. The zero-order valence-electron chi connectivity index (χ0n) is 7.37. The van der Waals surface area contributed by atoms with E-state index < -0.39 is 24.4 Å². The maximum atomic E-state index is 9.60. The van der Waals surface area contributed by atoms with Crippen LogP contribution in [0, 0.1) is 0 Å². The van der Waals surface area contributed by atoms with E-state index in [1.807, 2.05) is 0 Å². The Morgan fingerprint density at radius 1 is 1.43 bits per heavy atom. The number of nitrogens with zero attached hydrogens (tertiary/aromatic N) is 1. The molecule has 1 fully saturated rings. The Morgan fingerprint density at radius 3 is 2.71 bits per heavy atom. The van der Waals surface area contributed by atoms with Crippen LogP contribution in [0.3, 0.4) is 0 Å². The third-order valence-electron chi connectivity index (χ3n) is 2.37. The zero-order valence-corrected chi connectivity index (χ0v) is 7.37. The first kappa shape index (κ1) is 9.60. The largest absolute Gasteiger partial charge is 0.394 e. The van der Waals surface area contributed by atoms with Crippen molar-refractivity contribution in [3.63, 3.8) is 0 Å². The van der Waals surface area contributed by atoms with Gasteiger partial charge in [-0.3, -0.25) is 5.10 Å². The first-order valence-electron chi connectivity index (χ1n) is 4.35. The van der Waals surface area contributed by atoms with E-state index in [1.165, 1.54) is 6.20 Å². The molecule has 4 atom stereocenters. The van der Waals surface area contributed by atoms with Gasteiger partial charge in [-0.25, -0.2) is 0 Å². The average Bonchev–Trinajstić information content (AvgIpc) is 2.78. The molecular formula is C8H12N2O4. The summed E-state index contributed by atoms with van der Waals surface area (Å²) in [5, 5.41) is 34.3. The fraction of sp³-hybridized carbons (Fsp3) is 0.625. The van der Waals surface area contributed by atoms with Gasteiger partial charge >= 0.3 is 0 Å². The summed E-state index contributed by atoms with van der Waals surface area (Å²) in [5.74, 6) is 0. The van der Waals surface area contributed by atoms with Crippen molar-refractivity contribution >= 4 is 0 Å². The SMILES string of the molecule is OC[C@H]1O[C@@H](c2ccn[nH]2)[C@H](O)[C@H]1O. The highest BCUT2D eigenvalue weighted by Crippen LogP contribution is 2.31. The van der Waals surface area contributed by atoms with Crippen molar-refractivity contribution in [3.05, 3.63) is 18.0 Å². The normalized spacial score (nSPS) is 37.6. The second-order valence-corrected chi connectivity index (χ2v) is 3.27. The van der Waals surface area contributed by atoms with Gasteiger partial charge in [-0.15, -0.1) is 0 Å². The van der Waals surface area contributed by atoms with Crippen LogP contribution in [-0.4, -0.2) is 50.4 Å². The standard InChI is InChI=1S/C8H12N2O4/c11-3-5-6(12)7(13)8(14-5)4-1-2-9-10-4/h1-2,5-8,11-13H,3H2,(H,9,10)/t5-,6+,7-,8+/m1/s1. The minimum absolute atomic E-state index is 0.317. The average molecular weight is 200 g/mol. The van der Waals surface area contributed by atoms with Crippen LogP contribution in [0.4, 0.5) is 0 Å². The number of aromatic nitrogens is 2. The van der Waals surface area contributed by atoms with E-state index in [-0.39, 0.29) is 6.61 Å². The number of hydrogen-bond donors (Lipinski definition) is 4. The zero-order chi connectivity index (χ0) is 10.1. The van der Waals surface area contributed by atoms with Crippen LogP contribution in [0.2, 0.25) is 0 Å². The molecule has 0 saturated carbocycles. The van der Waals surface area contributed by atoms with Crippen molar-refractivity contribution in [3.8, 4) is 0 Å². The molecule has 1 saturated heterocycles. The summed E-state index contributed by atoms with van der Waals surface area (Å²) in [7, 11) is 0. The van der Waals surface area contributed by atoms with Crippen molar-refractivity contribution < 1.29 is 20.1 Å². The first-order valence-corrected chi connectivity index (χ1v) is 4.35. The van der Waals surface area contributed by atoms with Gasteiger partial charge in [0, 0.05) is 6.20 Å². The highest BCUT2D eigenvalue weighted by atomic mass is 16.6. The summed E-state index contributed by atoms with van der Waals surface area (Å²) in [4.78, 5) is 0.